The van der Waals surface area contributed by atoms with Crippen LogP contribution in [0, 0.1) is 0 Å². The van der Waals surface area contributed by atoms with Crippen LogP contribution in [0.1, 0.15) is 51.8 Å². The van der Waals surface area contributed by atoms with Gasteiger partial charge in [-0.1, -0.05) is 101 Å². The van der Waals surface area contributed by atoms with Crippen molar-refractivity contribution in [3.8, 4) is 28.2 Å². The van der Waals surface area contributed by atoms with Crippen LogP contribution in [-0.2, 0) is 5.41 Å². The van der Waals surface area contributed by atoms with E-state index in [1.54, 1.807) is 0 Å². The van der Waals surface area contributed by atoms with Gasteiger partial charge in [-0.3, -0.25) is 4.57 Å². The number of furan rings is 1. The summed E-state index contributed by atoms with van der Waals surface area (Å²) < 4.78 is 8.85. The van der Waals surface area contributed by atoms with Crippen LogP contribution in [0.3, 0.4) is 0 Å². The highest BCUT2D eigenvalue weighted by Gasteiger charge is 2.23. The van der Waals surface area contributed by atoms with Gasteiger partial charge in [0, 0.05) is 27.6 Å². The Labute approximate surface area is 240 Å². The zero-order valence-corrected chi connectivity index (χ0v) is 24.1. The summed E-state index contributed by atoms with van der Waals surface area (Å²) in [6.07, 6.45) is 0. The van der Waals surface area contributed by atoms with E-state index in [-0.39, 0.29) is 5.41 Å². The van der Waals surface area contributed by atoms with Crippen LogP contribution in [0.5, 0.6) is 0 Å². The minimum atomic E-state index is -0.0663. The molecule has 4 nitrogen and oxygen atoms in total. The predicted octanol–water partition coefficient (Wildman–Crippen LogP) is 10.1. The van der Waals surface area contributed by atoms with Crippen LogP contribution >= 0.6 is 0 Å². The quantitative estimate of drug-likeness (QED) is 0.225. The van der Waals surface area contributed by atoms with Gasteiger partial charge < -0.3 is 4.42 Å². The molecule has 0 bridgehead atoms. The molecule has 0 aliphatic rings. The lowest BCUT2D eigenvalue weighted by atomic mass is 9.91. The first-order valence-electron chi connectivity index (χ1n) is 14.3. The van der Waals surface area contributed by atoms with Crippen molar-refractivity contribution in [1.29, 1.82) is 0 Å². The highest BCUT2D eigenvalue weighted by Crippen LogP contribution is 2.39. The number of rotatable bonds is 4. The van der Waals surface area contributed by atoms with E-state index in [0.29, 0.717) is 11.6 Å². The van der Waals surface area contributed by atoms with Gasteiger partial charge in [-0.2, -0.15) is 0 Å². The summed E-state index contributed by atoms with van der Waals surface area (Å²) in [5.41, 5.74) is 10.2. The van der Waals surface area contributed by atoms with Crippen LogP contribution in [0.25, 0.3) is 61.3 Å². The van der Waals surface area contributed by atoms with E-state index in [1.807, 2.05) is 6.07 Å². The molecule has 3 aromatic heterocycles. The Balaban J connectivity index is 1.49. The lowest BCUT2D eigenvalue weighted by Crippen LogP contribution is -2.12. The van der Waals surface area contributed by atoms with Gasteiger partial charge in [0.15, 0.2) is 0 Å². The molecule has 3 heterocycles. The molecule has 7 rings (SSSR count). The van der Waals surface area contributed by atoms with E-state index in [9.17, 15) is 0 Å². The topological polar surface area (TPSA) is 43.9 Å². The second kappa shape index (κ2) is 9.45. The Morgan fingerprint density at radius 3 is 2.15 bits per heavy atom. The van der Waals surface area contributed by atoms with Crippen LogP contribution in [0.15, 0.2) is 108 Å². The molecule has 0 amide bonds. The third-order valence-corrected chi connectivity index (χ3v) is 7.94. The molecule has 7 aromatic rings. The van der Waals surface area contributed by atoms with Crippen molar-refractivity contribution in [3.05, 3.63) is 114 Å². The van der Waals surface area contributed by atoms with E-state index in [2.05, 4.69) is 136 Å². The van der Waals surface area contributed by atoms with Crippen molar-refractivity contribution in [2.75, 3.05) is 0 Å². The molecule has 0 atom stereocenters. The lowest BCUT2D eigenvalue weighted by molar-refractivity contribution is 0.562. The molecule has 4 aromatic carbocycles. The maximum absolute atomic E-state index is 6.55. The number of aromatic nitrogens is 3. The van der Waals surface area contributed by atoms with Crippen LogP contribution < -0.4 is 0 Å². The molecule has 0 aliphatic carbocycles. The number of para-hydroxylation sites is 2. The summed E-state index contributed by atoms with van der Waals surface area (Å²) in [4.78, 5) is 10.2. The number of fused-ring (bicyclic) bond motifs is 4. The lowest BCUT2D eigenvalue weighted by Gasteiger charge is -2.16. The van der Waals surface area contributed by atoms with Gasteiger partial charge in [-0.05, 0) is 59.0 Å². The molecule has 0 saturated carbocycles. The zero-order chi connectivity index (χ0) is 28.3. The van der Waals surface area contributed by atoms with Gasteiger partial charge in [0.1, 0.15) is 11.4 Å². The highest BCUT2D eigenvalue weighted by molar-refractivity contribution is 6.08. The predicted molar refractivity (Wildman–Crippen MR) is 170 cm³/mol. The Morgan fingerprint density at radius 2 is 1.41 bits per heavy atom. The fourth-order valence-corrected chi connectivity index (χ4v) is 5.76. The van der Waals surface area contributed by atoms with E-state index in [0.717, 1.165) is 50.2 Å². The maximum atomic E-state index is 6.55. The molecular weight excluding hydrogens is 502 g/mol. The summed E-state index contributed by atoms with van der Waals surface area (Å²) >= 11 is 0. The highest BCUT2D eigenvalue weighted by atomic mass is 16.3. The molecule has 0 fully saturated rings. The van der Waals surface area contributed by atoms with Crippen molar-refractivity contribution >= 4 is 33.1 Å². The van der Waals surface area contributed by atoms with Gasteiger partial charge in [-0.15, -0.1) is 0 Å². The van der Waals surface area contributed by atoms with Gasteiger partial charge in [0.2, 0.25) is 5.71 Å². The zero-order valence-electron chi connectivity index (χ0n) is 24.1. The number of nitrogens with zero attached hydrogens (tertiary/aromatic N) is 3. The third-order valence-electron chi connectivity index (χ3n) is 7.94. The molecule has 202 valence electrons. The third kappa shape index (κ3) is 4.22. The van der Waals surface area contributed by atoms with Crippen molar-refractivity contribution < 1.29 is 4.42 Å². The fraction of sp³-hybridized carbons (Fsp3) is 0.189. The second-order valence-electron chi connectivity index (χ2n) is 12.1. The van der Waals surface area contributed by atoms with Crippen molar-refractivity contribution in [1.82, 2.24) is 14.5 Å². The molecule has 0 aliphatic heterocycles. The average Bonchev–Trinajstić information content (AvgIpc) is 3.55. The van der Waals surface area contributed by atoms with Gasteiger partial charge in [-0.25, -0.2) is 9.97 Å². The fourth-order valence-electron chi connectivity index (χ4n) is 5.76. The second-order valence-corrected chi connectivity index (χ2v) is 12.1. The smallest absolute Gasteiger partial charge is 0.227 e. The minimum absolute atomic E-state index is 0.0663. The minimum Gasteiger partial charge on any atom is -0.437 e. The van der Waals surface area contributed by atoms with Crippen LogP contribution in [0.4, 0.5) is 0 Å². The number of benzene rings is 4. The Kier molecular flexibility index (Phi) is 5.83. The van der Waals surface area contributed by atoms with Crippen molar-refractivity contribution in [2.45, 2.75) is 46.0 Å². The summed E-state index contributed by atoms with van der Waals surface area (Å²) in [5.74, 6) is 1.20. The molecule has 41 heavy (non-hydrogen) atoms. The summed E-state index contributed by atoms with van der Waals surface area (Å²) in [5, 5.41) is 2.07. The van der Waals surface area contributed by atoms with E-state index in [4.69, 9.17) is 14.4 Å². The Morgan fingerprint density at radius 1 is 0.683 bits per heavy atom. The van der Waals surface area contributed by atoms with Gasteiger partial charge >= 0.3 is 0 Å². The van der Waals surface area contributed by atoms with E-state index in [1.165, 1.54) is 16.7 Å². The summed E-state index contributed by atoms with van der Waals surface area (Å²) in [6, 6.07) is 36.3. The van der Waals surface area contributed by atoms with Crippen molar-refractivity contribution in [3.63, 3.8) is 0 Å². The molecule has 0 N–H and O–H groups in total. The number of hydrogen-bond donors (Lipinski definition) is 0. The Hall–Kier alpha value is -4.70. The normalized spacial score (nSPS) is 12.2. The molecule has 0 radical (unpaired) electrons. The molecule has 0 spiro atoms. The monoisotopic (exact) mass is 535 g/mol. The first kappa shape index (κ1) is 25.3. The number of pyridine rings is 1. The molecular formula is C37H33N3O. The largest absolute Gasteiger partial charge is 0.437 e. The van der Waals surface area contributed by atoms with Gasteiger partial charge in [0.25, 0.3) is 0 Å². The van der Waals surface area contributed by atoms with Crippen molar-refractivity contribution in [2.24, 2.45) is 0 Å². The number of imidazole rings is 1. The summed E-state index contributed by atoms with van der Waals surface area (Å²) in [6.45, 7) is 11.0. The summed E-state index contributed by atoms with van der Waals surface area (Å²) in [7, 11) is 0. The van der Waals surface area contributed by atoms with E-state index < -0.39 is 0 Å². The first-order valence-corrected chi connectivity index (χ1v) is 14.3. The average molecular weight is 536 g/mol. The standard InChI is InChI=1S/C37H33N3O/c1-23(2)27-13-10-16-31-33(27)40(26-19-17-25(18-20-26)24-11-7-6-8-12-24)35(38-31)30-15-9-14-28-29-21-22-32(37(3,4)5)39-36(29)41-34(28)30/h6-23H,1-5H3. The maximum Gasteiger partial charge on any atom is 0.227 e. The van der Waals surface area contributed by atoms with Crippen LogP contribution in [-0.4, -0.2) is 14.5 Å². The Bertz CT molecular complexity index is 2040. The van der Waals surface area contributed by atoms with Gasteiger partial charge in [0.05, 0.1) is 16.6 Å². The number of hydrogen-bond acceptors (Lipinski definition) is 3. The molecule has 4 heteroatoms. The van der Waals surface area contributed by atoms with E-state index >= 15 is 0 Å². The first-order chi connectivity index (χ1) is 19.8. The SMILES string of the molecule is CC(C)c1cccc2nc(-c3cccc4c3oc3nc(C(C)(C)C)ccc34)n(-c3ccc(-c4ccccc4)cc3)c12. The van der Waals surface area contributed by atoms with Crippen LogP contribution in [0.2, 0.25) is 0 Å². The molecule has 0 unspecified atom stereocenters. The molecule has 0 saturated heterocycles.